The number of fused-ring (bicyclic) bond motifs is 2. The lowest BCUT2D eigenvalue weighted by Gasteiger charge is -2.46. The van der Waals surface area contributed by atoms with Crippen molar-refractivity contribution in [3.8, 4) is 0 Å². The van der Waals surface area contributed by atoms with E-state index in [1.54, 1.807) is 0 Å². The van der Waals surface area contributed by atoms with E-state index in [2.05, 4.69) is 4.18 Å². The van der Waals surface area contributed by atoms with Crippen LogP contribution in [0.1, 0.15) is 65.3 Å². The Labute approximate surface area is 620 Å². The minimum Gasteiger partial charge on any atom is -0.394 e. The van der Waals surface area contributed by atoms with Gasteiger partial charge in [-0.3, -0.25) is 0 Å². The number of ether oxygens (including phenoxy) is 12. The van der Waals surface area contributed by atoms with Crippen molar-refractivity contribution < 1.29 is 106 Å². The van der Waals surface area contributed by atoms with Crippen molar-refractivity contribution in [2.75, 3.05) is 26.4 Å². The van der Waals surface area contributed by atoms with Crippen LogP contribution in [0.5, 0.6) is 0 Å². The Kier molecular flexibility index (Phi) is 30.4. The zero-order chi connectivity index (χ0) is 74.1. The summed E-state index contributed by atoms with van der Waals surface area (Å²) in [5, 5.41) is 28.9. The molecule has 106 heavy (non-hydrogen) atoms. The number of aliphatic hydroxyl groups excluding tert-OH is 3. The molecule has 23 nitrogen and oxygen atoms in total. The first-order valence-corrected chi connectivity index (χ1v) is 38.2. The second-order valence-corrected chi connectivity index (χ2v) is 28.7. The van der Waals surface area contributed by atoms with Gasteiger partial charge in [0.2, 0.25) is 0 Å². The third kappa shape index (κ3) is 23.5. The van der Waals surface area contributed by atoms with Gasteiger partial charge in [0.25, 0.3) is 0 Å². The summed E-state index contributed by atoms with van der Waals surface area (Å²) < 4.78 is 139. The van der Waals surface area contributed by atoms with Crippen LogP contribution in [-0.2, 0) is 147 Å². The first kappa shape index (κ1) is 79.9. The van der Waals surface area contributed by atoms with Gasteiger partial charge in [-0.15, -0.1) is 0 Å². The molecule has 0 radical (unpaired) electrons. The van der Waals surface area contributed by atoms with Crippen molar-refractivity contribution in [2.24, 2.45) is 5.92 Å². The summed E-state index contributed by atoms with van der Waals surface area (Å²) in [7, 11) is -8.12. The Morgan fingerprint density at radius 1 is 0.321 bits per heavy atom. The zero-order valence-electron chi connectivity index (χ0n) is 59.3. The third-order valence-corrected chi connectivity index (χ3v) is 20.3. The minimum absolute atomic E-state index is 0.0253. The topological polar surface area (TPSA) is 277 Å². The summed E-state index contributed by atoms with van der Waals surface area (Å²) in [5.74, 6) is -0.0731. The van der Waals surface area contributed by atoms with Gasteiger partial charge < -0.3 is 72.2 Å². The normalized spacial score (nSPS) is 29.1. The van der Waals surface area contributed by atoms with E-state index in [0.717, 1.165) is 44.5 Å². The number of hydrogen-bond acceptors (Lipinski definition) is 23. The summed E-state index contributed by atoms with van der Waals surface area (Å²) in [6.45, 7) is 8.03. The molecule has 6 aliphatic heterocycles. The molecule has 1 unspecified atom stereocenters. The molecule has 0 spiro atoms. The fourth-order valence-corrected chi connectivity index (χ4v) is 14.6. The second kappa shape index (κ2) is 40.4. The van der Waals surface area contributed by atoms with E-state index in [9.17, 15) is 27.0 Å². The summed E-state index contributed by atoms with van der Waals surface area (Å²) >= 11 is 0. The van der Waals surface area contributed by atoms with Gasteiger partial charge in [0.1, 0.15) is 67.1 Å². The van der Waals surface area contributed by atoms with E-state index in [1.165, 1.54) is 0 Å². The van der Waals surface area contributed by atoms with Crippen LogP contribution < -0.4 is 0 Å². The molecule has 14 rings (SSSR count). The lowest BCUT2D eigenvalue weighted by molar-refractivity contribution is -0.322. The monoisotopic (exact) mass is 1500 g/mol. The standard InChI is InChI=1S/C28H32O5.C27H28O8S.C13H16O6S.C13H18O4/c1-21-25(17-29)33-28(32-20-24-15-9-4-10-16-24)27(31-19-23-13-7-3-8-14-23)26(21)30-18-22-11-5-2-6-12-22;28-36(29)33-19-23-24(35-36)25(30-16-20-10-4-1-5-11-20)26(31-17-21-12-6-2-7-13-21)27(34-23)32-18-22-14-8-3-9-15-22;1-9-12(16-7-10-5-3-2-4-6-10)13-11(18-9)8-17-20(14,15)19-13;1-9-13(12(15)11(7-14)17-9)16-8-10-5-3-2-4-6-10/h2-16,21,25-29H,17-20H2,1H3;1-15,23-27H,16-19H2;2-6,9,11-13H,7-8H2,1H3;2-6,9,11-15H,7-8H2,1H3/t21?,25-,26+,27-,28-;23-,24-,25+,26-,27-;2*9-,11-,12-,13-/m1111/s1. The van der Waals surface area contributed by atoms with Gasteiger partial charge >= 0.3 is 20.8 Å². The van der Waals surface area contributed by atoms with Crippen LogP contribution in [0.25, 0.3) is 0 Å². The van der Waals surface area contributed by atoms with E-state index in [1.807, 2.05) is 263 Å². The molecule has 0 aliphatic carbocycles. The Balaban J connectivity index is 0.000000147. The molecular weight excluding hydrogens is 1410 g/mol. The van der Waals surface area contributed by atoms with Gasteiger partial charge in [0, 0.05) is 5.92 Å². The number of rotatable bonds is 26. The highest BCUT2D eigenvalue weighted by atomic mass is 32.3. The van der Waals surface area contributed by atoms with Gasteiger partial charge in [0.05, 0.1) is 104 Å². The summed E-state index contributed by atoms with van der Waals surface area (Å²) in [5.41, 5.74) is 8.10. The maximum Gasteiger partial charge on any atom is 0.400 e. The molecule has 6 heterocycles. The van der Waals surface area contributed by atoms with Crippen LogP contribution in [-0.4, -0.2) is 163 Å². The molecule has 6 aliphatic rings. The first-order chi connectivity index (χ1) is 51.6. The van der Waals surface area contributed by atoms with Crippen molar-refractivity contribution in [3.05, 3.63) is 287 Å². The smallest absolute Gasteiger partial charge is 0.394 e. The molecule has 0 bridgehead atoms. The predicted molar refractivity (Wildman–Crippen MR) is 387 cm³/mol. The Morgan fingerprint density at radius 2 is 0.594 bits per heavy atom. The number of hydrogen-bond donors (Lipinski definition) is 3. The van der Waals surface area contributed by atoms with Crippen molar-refractivity contribution in [1.82, 2.24) is 0 Å². The maximum atomic E-state index is 12.2. The molecule has 0 aromatic heterocycles. The highest BCUT2D eigenvalue weighted by molar-refractivity contribution is 7.82. The van der Waals surface area contributed by atoms with Gasteiger partial charge in [-0.25, -0.2) is 16.7 Å². The van der Waals surface area contributed by atoms with E-state index in [4.69, 9.17) is 74.5 Å². The molecular formula is C81H94O23S2. The summed E-state index contributed by atoms with van der Waals surface area (Å²) in [6, 6.07) is 78.5. The van der Waals surface area contributed by atoms with Crippen molar-refractivity contribution in [3.63, 3.8) is 0 Å². The molecule has 6 saturated heterocycles. The van der Waals surface area contributed by atoms with Gasteiger partial charge in [-0.05, 0) is 58.4 Å². The third-order valence-electron chi connectivity index (χ3n) is 18.5. The van der Waals surface area contributed by atoms with Crippen LogP contribution in [0.15, 0.2) is 243 Å². The average molecular weight is 1500 g/mol. The van der Waals surface area contributed by atoms with Crippen LogP contribution >= 0.6 is 0 Å². The molecule has 8 aromatic carbocycles. The molecule has 18 atom stereocenters. The highest BCUT2D eigenvalue weighted by Crippen LogP contribution is 2.37. The van der Waals surface area contributed by atoms with E-state index in [-0.39, 0.29) is 76.6 Å². The quantitative estimate of drug-likeness (QED) is 0.0454. The van der Waals surface area contributed by atoms with Gasteiger partial charge in [-0.2, -0.15) is 16.8 Å². The van der Waals surface area contributed by atoms with Crippen LogP contribution in [0.2, 0.25) is 0 Å². The highest BCUT2D eigenvalue weighted by Gasteiger charge is 2.54. The second-order valence-electron chi connectivity index (χ2n) is 26.2. The van der Waals surface area contributed by atoms with Crippen LogP contribution in [0.4, 0.5) is 0 Å². The summed E-state index contributed by atoms with van der Waals surface area (Å²) in [6.07, 6.45) is -9.52. The van der Waals surface area contributed by atoms with Crippen molar-refractivity contribution >= 4 is 20.8 Å². The van der Waals surface area contributed by atoms with Crippen molar-refractivity contribution in [2.45, 2.75) is 178 Å². The summed E-state index contributed by atoms with van der Waals surface area (Å²) in [4.78, 5) is 0. The molecule has 8 aromatic rings. The molecule has 0 saturated carbocycles. The zero-order valence-corrected chi connectivity index (χ0v) is 60.9. The van der Waals surface area contributed by atoms with E-state index < -0.39 is 101 Å². The lowest BCUT2D eigenvalue weighted by atomic mass is 9.90. The number of benzene rings is 8. The molecule has 568 valence electrons. The Morgan fingerprint density at radius 3 is 0.943 bits per heavy atom. The van der Waals surface area contributed by atoms with E-state index in [0.29, 0.717) is 33.0 Å². The van der Waals surface area contributed by atoms with Crippen LogP contribution in [0.3, 0.4) is 0 Å². The fraction of sp³-hybridized carbons (Fsp3) is 0.407. The first-order valence-electron chi connectivity index (χ1n) is 35.5. The fourth-order valence-electron chi connectivity index (χ4n) is 12.9. The minimum atomic E-state index is -4.19. The molecule has 6 fully saturated rings. The molecule has 0 amide bonds. The Bertz CT molecular complexity index is 4020. The average Bonchev–Trinajstić information content (AvgIpc) is 0.892. The van der Waals surface area contributed by atoms with Crippen molar-refractivity contribution in [1.29, 1.82) is 0 Å². The maximum absolute atomic E-state index is 12.2. The predicted octanol–water partition coefficient (Wildman–Crippen LogP) is 10.2. The van der Waals surface area contributed by atoms with Gasteiger partial charge in [0.15, 0.2) is 12.6 Å². The molecule has 3 N–H and O–H groups in total. The number of aliphatic hydroxyl groups is 3. The lowest BCUT2D eigenvalue weighted by Crippen LogP contribution is -2.63. The SMILES string of the molecule is CC1[C@@H](CO)O[C@@H](OCc2ccccc2)[C@H](OCc2ccccc2)[C@H]1OCc1ccccc1.C[C@H]1O[C@@H]2COS(=O)(=O)O[C@H]2[C@@H]1OCc1ccccc1.C[C@H]1O[C@H](CO)[C@@H](O)[C@@H]1OCc1ccccc1.O=S1(=O)OC[C@H]2O[C@@H](OCc3ccccc3)[C@H](OCc3ccccc3)[C@@H](OCc3ccccc3)[C@@H]2O1. The Hall–Kier alpha value is -7.10. The largest absolute Gasteiger partial charge is 0.400 e. The van der Waals surface area contributed by atoms with Gasteiger partial charge in [-0.1, -0.05) is 250 Å². The van der Waals surface area contributed by atoms with E-state index >= 15 is 0 Å². The molecule has 25 heteroatoms. The van der Waals surface area contributed by atoms with Crippen LogP contribution in [0, 0.1) is 5.92 Å².